The molecule has 3 rings (SSSR count). The number of hydrogen-bond donors (Lipinski definition) is 1. The molecule has 0 radical (unpaired) electrons. The standard InChI is InChI=1S/C12H19NO4/c1-13-3-2-9(4-13)11(5-16-6-11)12(10(14)15)7-17-8-12/h9H,2-8H2,1H3,(H,14,15). The zero-order chi connectivity index (χ0) is 12.1. The van der Waals surface area contributed by atoms with Crippen molar-refractivity contribution < 1.29 is 19.4 Å². The second-order valence-electron chi connectivity index (χ2n) is 5.78. The number of carboxylic acids is 1. The van der Waals surface area contributed by atoms with Crippen molar-refractivity contribution in [3.05, 3.63) is 0 Å². The first kappa shape index (κ1) is 11.4. The second-order valence-corrected chi connectivity index (χ2v) is 5.78. The highest BCUT2D eigenvalue weighted by atomic mass is 16.5. The van der Waals surface area contributed by atoms with Crippen LogP contribution in [0.2, 0.25) is 0 Å². The van der Waals surface area contributed by atoms with Crippen LogP contribution in [0.25, 0.3) is 0 Å². The summed E-state index contributed by atoms with van der Waals surface area (Å²) in [5.74, 6) is -0.275. The highest BCUT2D eigenvalue weighted by Gasteiger charge is 2.68. The third-order valence-corrected chi connectivity index (χ3v) is 4.95. The van der Waals surface area contributed by atoms with Crippen molar-refractivity contribution in [3.8, 4) is 0 Å². The van der Waals surface area contributed by atoms with E-state index in [1.165, 1.54) is 0 Å². The monoisotopic (exact) mass is 241 g/mol. The molecule has 0 aromatic rings. The van der Waals surface area contributed by atoms with Gasteiger partial charge in [-0.05, 0) is 25.9 Å². The van der Waals surface area contributed by atoms with Crippen molar-refractivity contribution in [2.75, 3.05) is 46.6 Å². The van der Waals surface area contributed by atoms with E-state index in [9.17, 15) is 9.90 Å². The predicted molar refractivity (Wildman–Crippen MR) is 59.7 cm³/mol. The molecule has 96 valence electrons. The van der Waals surface area contributed by atoms with E-state index >= 15 is 0 Å². The molecule has 17 heavy (non-hydrogen) atoms. The fourth-order valence-electron chi connectivity index (χ4n) is 3.54. The maximum atomic E-state index is 11.6. The summed E-state index contributed by atoms with van der Waals surface area (Å²) in [6, 6.07) is 0. The van der Waals surface area contributed by atoms with E-state index in [4.69, 9.17) is 9.47 Å². The van der Waals surface area contributed by atoms with Crippen molar-refractivity contribution >= 4 is 5.97 Å². The molecule has 3 fully saturated rings. The minimum absolute atomic E-state index is 0.193. The molecule has 5 heteroatoms. The van der Waals surface area contributed by atoms with Gasteiger partial charge in [0.2, 0.25) is 0 Å². The Bertz CT molecular complexity index is 335. The molecule has 1 unspecified atom stereocenters. The maximum absolute atomic E-state index is 11.6. The first-order valence-corrected chi connectivity index (χ1v) is 6.18. The van der Waals surface area contributed by atoms with Gasteiger partial charge in [-0.1, -0.05) is 0 Å². The lowest BCUT2D eigenvalue weighted by molar-refractivity contribution is -0.283. The number of carboxylic acid groups (broad SMARTS) is 1. The minimum atomic E-state index is -0.707. The highest BCUT2D eigenvalue weighted by molar-refractivity contribution is 5.77. The molecule has 0 saturated carbocycles. The van der Waals surface area contributed by atoms with Crippen LogP contribution in [0.4, 0.5) is 0 Å². The molecule has 0 bridgehead atoms. The molecular weight excluding hydrogens is 222 g/mol. The smallest absolute Gasteiger partial charge is 0.315 e. The van der Waals surface area contributed by atoms with E-state index in [0.717, 1.165) is 19.5 Å². The summed E-state index contributed by atoms with van der Waals surface area (Å²) in [6.07, 6.45) is 1.08. The van der Waals surface area contributed by atoms with Crippen LogP contribution in [0.5, 0.6) is 0 Å². The number of likely N-dealkylation sites (tertiary alicyclic amines) is 1. The molecule has 5 nitrogen and oxygen atoms in total. The van der Waals surface area contributed by atoms with Crippen molar-refractivity contribution in [1.82, 2.24) is 4.90 Å². The molecule has 0 aromatic carbocycles. The van der Waals surface area contributed by atoms with Gasteiger partial charge in [0, 0.05) is 12.0 Å². The van der Waals surface area contributed by atoms with Gasteiger partial charge in [-0.15, -0.1) is 0 Å². The normalized spacial score (nSPS) is 35.0. The van der Waals surface area contributed by atoms with E-state index in [2.05, 4.69) is 11.9 Å². The Balaban J connectivity index is 1.88. The van der Waals surface area contributed by atoms with Gasteiger partial charge in [0.15, 0.2) is 0 Å². The summed E-state index contributed by atoms with van der Waals surface area (Å²) in [5, 5.41) is 9.56. The number of aliphatic carboxylic acids is 1. The topological polar surface area (TPSA) is 59.0 Å². The van der Waals surface area contributed by atoms with E-state index in [1.54, 1.807) is 0 Å². The third kappa shape index (κ3) is 1.33. The maximum Gasteiger partial charge on any atom is 0.315 e. The van der Waals surface area contributed by atoms with E-state index in [-0.39, 0.29) is 5.41 Å². The van der Waals surface area contributed by atoms with E-state index in [1.807, 2.05) is 0 Å². The fourth-order valence-corrected chi connectivity index (χ4v) is 3.54. The van der Waals surface area contributed by atoms with Crippen LogP contribution < -0.4 is 0 Å². The Hall–Kier alpha value is -0.650. The minimum Gasteiger partial charge on any atom is -0.481 e. The summed E-state index contributed by atoms with van der Waals surface area (Å²) in [6.45, 7) is 3.92. The van der Waals surface area contributed by atoms with Gasteiger partial charge >= 0.3 is 5.97 Å². The fraction of sp³-hybridized carbons (Fsp3) is 0.917. The zero-order valence-electron chi connectivity index (χ0n) is 10.1. The van der Waals surface area contributed by atoms with Crippen molar-refractivity contribution in [3.63, 3.8) is 0 Å². The van der Waals surface area contributed by atoms with Crippen molar-refractivity contribution in [1.29, 1.82) is 0 Å². The first-order chi connectivity index (χ1) is 8.11. The Morgan fingerprint density at radius 3 is 2.24 bits per heavy atom. The predicted octanol–water partition coefficient (Wildman–Crippen LogP) is 0.0559. The number of carbonyl (C=O) groups is 1. The van der Waals surface area contributed by atoms with Gasteiger partial charge in [0.05, 0.1) is 26.4 Å². The van der Waals surface area contributed by atoms with Crippen LogP contribution in [0.3, 0.4) is 0 Å². The Kier molecular flexibility index (Phi) is 2.47. The molecule has 1 atom stereocenters. The number of nitrogens with zero attached hydrogens (tertiary/aromatic N) is 1. The van der Waals surface area contributed by atoms with E-state index < -0.39 is 11.4 Å². The lowest BCUT2D eigenvalue weighted by Gasteiger charge is -2.59. The molecule has 3 aliphatic rings. The highest BCUT2D eigenvalue weighted by Crippen LogP contribution is 2.56. The quantitative estimate of drug-likeness (QED) is 0.757. The summed E-state index contributed by atoms with van der Waals surface area (Å²) < 4.78 is 10.6. The SMILES string of the molecule is CN1CCC(C2(C3(C(=O)O)COC3)COC2)C1. The largest absolute Gasteiger partial charge is 0.481 e. The van der Waals surface area contributed by atoms with Gasteiger partial charge in [-0.2, -0.15) is 0 Å². The van der Waals surface area contributed by atoms with Crippen LogP contribution in [0.15, 0.2) is 0 Å². The third-order valence-electron chi connectivity index (χ3n) is 4.95. The molecule has 0 aliphatic carbocycles. The molecule has 0 aromatic heterocycles. The van der Waals surface area contributed by atoms with Crippen LogP contribution in [-0.2, 0) is 14.3 Å². The summed E-state index contributed by atoms with van der Waals surface area (Å²) >= 11 is 0. The second kappa shape index (κ2) is 3.67. The average Bonchev–Trinajstić information content (AvgIpc) is 2.54. The Morgan fingerprint density at radius 1 is 1.29 bits per heavy atom. The van der Waals surface area contributed by atoms with Crippen LogP contribution in [-0.4, -0.2) is 62.5 Å². The van der Waals surface area contributed by atoms with Gasteiger partial charge in [0.1, 0.15) is 5.41 Å². The summed E-state index contributed by atoms with van der Waals surface area (Å²) in [5.41, 5.74) is -0.886. The van der Waals surface area contributed by atoms with Crippen LogP contribution >= 0.6 is 0 Å². The molecule has 1 N–H and O–H groups in total. The number of rotatable bonds is 3. The Labute approximate surface area is 101 Å². The summed E-state index contributed by atoms with van der Waals surface area (Å²) in [4.78, 5) is 13.9. The number of ether oxygens (including phenoxy) is 2. The average molecular weight is 241 g/mol. The molecule has 0 amide bonds. The number of hydrogen-bond acceptors (Lipinski definition) is 4. The van der Waals surface area contributed by atoms with Gasteiger partial charge in [-0.25, -0.2) is 0 Å². The zero-order valence-corrected chi connectivity index (χ0v) is 10.1. The van der Waals surface area contributed by atoms with Crippen molar-refractivity contribution in [2.24, 2.45) is 16.7 Å². The van der Waals surface area contributed by atoms with Crippen LogP contribution in [0, 0.1) is 16.7 Å². The molecule has 0 spiro atoms. The van der Waals surface area contributed by atoms with Gasteiger partial charge in [0.25, 0.3) is 0 Å². The summed E-state index contributed by atoms with van der Waals surface area (Å²) in [7, 11) is 2.10. The molecule has 3 aliphatic heterocycles. The Morgan fingerprint density at radius 2 is 1.94 bits per heavy atom. The van der Waals surface area contributed by atoms with E-state index in [0.29, 0.717) is 32.3 Å². The molecule has 3 saturated heterocycles. The lowest BCUT2D eigenvalue weighted by atomic mass is 9.54. The van der Waals surface area contributed by atoms with Gasteiger partial charge in [-0.3, -0.25) is 4.79 Å². The molecule has 3 heterocycles. The molecular formula is C12H19NO4. The van der Waals surface area contributed by atoms with Crippen molar-refractivity contribution in [2.45, 2.75) is 6.42 Å². The lowest BCUT2D eigenvalue weighted by Crippen LogP contribution is -2.70. The first-order valence-electron chi connectivity index (χ1n) is 6.18. The van der Waals surface area contributed by atoms with Gasteiger partial charge < -0.3 is 19.5 Å². The van der Waals surface area contributed by atoms with Crippen LogP contribution in [0.1, 0.15) is 6.42 Å².